The summed E-state index contributed by atoms with van der Waals surface area (Å²) < 4.78 is 30.2. The number of aryl methyl sites for hydroxylation is 1. The molecule has 210 valence electrons. The van der Waals surface area contributed by atoms with Crippen LogP contribution in [0.3, 0.4) is 0 Å². The van der Waals surface area contributed by atoms with Crippen molar-refractivity contribution in [2.24, 2.45) is 17.3 Å². The molecular weight excluding hydrogens is 498 g/mol. The maximum absolute atomic E-state index is 14.8. The first-order valence-corrected chi connectivity index (χ1v) is 16.0. The summed E-state index contributed by atoms with van der Waals surface area (Å²) in [6.07, 6.45) is 5.15. The number of amides is 3. The number of imide groups is 1. The molecule has 1 aromatic carbocycles. The second kappa shape index (κ2) is 9.33. The number of nitrogens with zero attached hydrogens (tertiary/aromatic N) is 2. The number of fused-ring (bicyclic) bond motifs is 2. The normalized spacial score (nSPS) is 32.8. The molecule has 0 bridgehead atoms. The molecule has 38 heavy (non-hydrogen) atoms. The Bertz CT molecular complexity index is 1220. The summed E-state index contributed by atoms with van der Waals surface area (Å²) in [5.74, 6) is 0.000737. The van der Waals surface area contributed by atoms with Crippen molar-refractivity contribution in [3.63, 3.8) is 0 Å². The van der Waals surface area contributed by atoms with Gasteiger partial charge in [-0.05, 0) is 78.7 Å². The number of benzene rings is 1. The maximum atomic E-state index is 14.8. The SMILES string of the molecule is CCC1(S(=O)(=O)N2CCC3(CCc4ccccc43)CC2)C(N2C(=O)NC(CC(C)C)C2=O)CC(C)C1(C)C. The van der Waals surface area contributed by atoms with E-state index in [0.29, 0.717) is 32.4 Å². The zero-order chi connectivity index (χ0) is 27.7. The van der Waals surface area contributed by atoms with Crippen LogP contribution in [-0.2, 0) is 26.7 Å². The van der Waals surface area contributed by atoms with Gasteiger partial charge in [0.1, 0.15) is 10.8 Å². The van der Waals surface area contributed by atoms with Gasteiger partial charge in [-0.1, -0.05) is 65.8 Å². The van der Waals surface area contributed by atoms with E-state index in [1.807, 2.05) is 34.6 Å². The zero-order valence-electron chi connectivity index (χ0n) is 23.9. The molecule has 1 aromatic rings. The third kappa shape index (κ3) is 3.72. The molecule has 0 radical (unpaired) electrons. The molecule has 2 saturated heterocycles. The summed E-state index contributed by atoms with van der Waals surface area (Å²) in [5, 5.41) is 2.87. The predicted molar refractivity (Wildman–Crippen MR) is 149 cm³/mol. The first-order valence-electron chi connectivity index (χ1n) is 14.5. The van der Waals surface area contributed by atoms with Crippen molar-refractivity contribution in [2.45, 2.75) is 109 Å². The van der Waals surface area contributed by atoms with Gasteiger partial charge in [0.25, 0.3) is 5.91 Å². The van der Waals surface area contributed by atoms with Crippen molar-refractivity contribution >= 4 is 22.0 Å². The molecule has 0 aromatic heterocycles. The van der Waals surface area contributed by atoms with Gasteiger partial charge in [-0.2, -0.15) is 0 Å². The average molecular weight is 544 g/mol. The van der Waals surface area contributed by atoms with Gasteiger partial charge in [-0.15, -0.1) is 0 Å². The van der Waals surface area contributed by atoms with E-state index < -0.39 is 38.3 Å². The van der Waals surface area contributed by atoms with Crippen LogP contribution in [0.4, 0.5) is 4.79 Å². The van der Waals surface area contributed by atoms with Crippen LogP contribution < -0.4 is 5.32 Å². The summed E-state index contributed by atoms with van der Waals surface area (Å²) in [5.41, 5.74) is 2.23. The van der Waals surface area contributed by atoms with E-state index in [-0.39, 0.29) is 23.2 Å². The lowest BCUT2D eigenvalue weighted by Crippen LogP contribution is -2.65. The van der Waals surface area contributed by atoms with E-state index in [9.17, 15) is 18.0 Å². The van der Waals surface area contributed by atoms with Crippen LogP contribution in [0, 0.1) is 17.3 Å². The lowest BCUT2D eigenvalue weighted by molar-refractivity contribution is -0.129. The van der Waals surface area contributed by atoms with Gasteiger partial charge in [0.15, 0.2) is 0 Å². The van der Waals surface area contributed by atoms with Crippen molar-refractivity contribution in [2.75, 3.05) is 13.1 Å². The number of carbonyl (C=O) groups is 2. The van der Waals surface area contributed by atoms with E-state index in [0.717, 1.165) is 25.7 Å². The van der Waals surface area contributed by atoms with E-state index >= 15 is 0 Å². The molecule has 1 N–H and O–H groups in total. The minimum atomic E-state index is -3.85. The van der Waals surface area contributed by atoms with Crippen LogP contribution in [0.2, 0.25) is 0 Å². The molecule has 4 atom stereocenters. The van der Waals surface area contributed by atoms with Crippen LogP contribution in [0.15, 0.2) is 24.3 Å². The lowest BCUT2D eigenvalue weighted by Gasteiger charge is -2.50. The summed E-state index contributed by atoms with van der Waals surface area (Å²) in [6, 6.07) is 6.90. The number of carbonyl (C=O) groups excluding carboxylic acids is 2. The van der Waals surface area contributed by atoms with Crippen LogP contribution in [-0.4, -0.2) is 59.5 Å². The zero-order valence-corrected chi connectivity index (χ0v) is 24.7. The average Bonchev–Trinajstić information content (AvgIpc) is 3.42. The second-order valence-electron chi connectivity index (χ2n) is 13.3. The Morgan fingerprint density at radius 1 is 1.08 bits per heavy atom. The van der Waals surface area contributed by atoms with E-state index in [4.69, 9.17) is 0 Å². The van der Waals surface area contributed by atoms with E-state index in [1.165, 1.54) is 16.0 Å². The number of hydrogen-bond donors (Lipinski definition) is 1. The Hall–Kier alpha value is -1.93. The molecule has 1 spiro atoms. The minimum absolute atomic E-state index is 0.0322. The number of urea groups is 1. The monoisotopic (exact) mass is 543 g/mol. The number of nitrogens with one attached hydrogen (secondary N) is 1. The van der Waals surface area contributed by atoms with Gasteiger partial charge in [-0.25, -0.2) is 17.5 Å². The fraction of sp³-hybridized carbons (Fsp3) is 0.733. The smallest absolute Gasteiger partial charge is 0.325 e. The lowest BCUT2D eigenvalue weighted by atomic mass is 9.73. The number of piperidine rings is 1. The number of hydrogen-bond acceptors (Lipinski definition) is 4. The van der Waals surface area contributed by atoms with Gasteiger partial charge in [0, 0.05) is 13.1 Å². The highest BCUT2D eigenvalue weighted by molar-refractivity contribution is 7.90. The molecule has 2 heterocycles. The van der Waals surface area contributed by atoms with Gasteiger partial charge < -0.3 is 5.32 Å². The highest BCUT2D eigenvalue weighted by atomic mass is 32.2. The van der Waals surface area contributed by atoms with Crippen LogP contribution >= 0.6 is 0 Å². The second-order valence-corrected chi connectivity index (χ2v) is 15.5. The molecule has 5 rings (SSSR count). The summed E-state index contributed by atoms with van der Waals surface area (Å²) in [7, 11) is -3.85. The van der Waals surface area contributed by atoms with Gasteiger partial charge in [0.05, 0.1) is 6.04 Å². The summed E-state index contributed by atoms with van der Waals surface area (Å²) >= 11 is 0. The molecule has 2 aliphatic carbocycles. The van der Waals surface area contributed by atoms with E-state index in [1.54, 1.807) is 4.31 Å². The quantitative estimate of drug-likeness (QED) is 0.520. The Morgan fingerprint density at radius 3 is 2.37 bits per heavy atom. The number of rotatable bonds is 6. The Balaban J connectivity index is 1.49. The Labute approximate surface area is 228 Å². The summed E-state index contributed by atoms with van der Waals surface area (Å²) in [6.45, 7) is 13.1. The number of sulfonamides is 1. The van der Waals surface area contributed by atoms with Crippen molar-refractivity contribution in [3.8, 4) is 0 Å². The van der Waals surface area contributed by atoms with Crippen molar-refractivity contribution in [3.05, 3.63) is 35.4 Å². The third-order valence-electron chi connectivity index (χ3n) is 11.0. The van der Waals surface area contributed by atoms with Gasteiger partial charge in [-0.3, -0.25) is 9.69 Å². The fourth-order valence-corrected chi connectivity index (χ4v) is 11.4. The third-order valence-corrected chi connectivity index (χ3v) is 14.0. The molecule has 7 nitrogen and oxygen atoms in total. The largest absolute Gasteiger partial charge is 0.326 e. The molecule has 4 unspecified atom stereocenters. The fourth-order valence-electron chi connectivity index (χ4n) is 8.50. The molecule has 8 heteroatoms. The topological polar surface area (TPSA) is 86.8 Å². The van der Waals surface area contributed by atoms with Crippen LogP contribution in [0.1, 0.15) is 91.2 Å². The van der Waals surface area contributed by atoms with Gasteiger partial charge in [0.2, 0.25) is 10.0 Å². The van der Waals surface area contributed by atoms with Crippen LogP contribution in [0.5, 0.6) is 0 Å². The highest BCUT2D eigenvalue weighted by Gasteiger charge is 2.70. The molecule has 4 aliphatic rings. The van der Waals surface area contributed by atoms with Crippen molar-refractivity contribution < 1.29 is 18.0 Å². The molecule has 2 aliphatic heterocycles. The Morgan fingerprint density at radius 2 is 1.74 bits per heavy atom. The first-order chi connectivity index (χ1) is 17.8. The molecule has 1 saturated carbocycles. The molecular formula is C30H45N3O4S. The van der Waals surface area contributed by atoms with Crippen LogP contribution in [0.25, 0.3) is 0 Å². The highest BCUT2D eigenvalue weighted by Crippen LogP contribution is 2.59. The molecule has 3 fully saturated rings. The Kier molecular flexibility index (Phi) is 6.78. The maximum Gasteiger partial charge on any atom is 0.325 e. The predicted octanol–water partition coefficient (Wildman–Crippen LogP) is 4.85. The van der Waals surface area contributed by atoms with Crippen molar-refractivity contribution in [1.29, 1.82) is 0 Å². The van der Waals surface area contributed by atoms with Gasteiger partial charge >= 0.3 is 6.03 Å². The van der Waals surface area contributed by atoms with Crippen molar-refractivity contribution in [1.82, 2.24) is 14.5 Å². The molecule has 3 amide bonds. The first kappa shape index (κ1) is 27.6. The minimum Gasteiger partial charge on any atom is -0.326 e. The standard InChI is InChI=1S/C30H45N3O4S/c1-7-30(25(19-21(4)28(30,5)6)33-26(34)24(18-20(2)3)31-27(33)35)38(36,37)32-16-14-29(15-17-32)13-12-22-10-8-9-11-23(22)29/h8-11,20-21,24-25H,7,12-19H2,1-6H3,(H,31,35). The van der Waals surface area contributed by atoms with E-state index in [2.05, 4.69) is 36.5 Å². The summed E-state index contributed by atoms with van der Waals surface area (Å²) in [4.78, 5) is 28.1.